The van der Waals surface area contributed by atoms with Crippen LogP contribution < -0.4 is 0 Å². The molecule has 0 radical (unpaired) electrons. The Kier molecular flexibility index (Phi) is 6.33. The lowest BCUT2D eigenvalue weighted by atomic mass is 9.78. The van der Waals surface area contributed by atoms with Crippen LogP contribution in [-0.2, 0) is 9.59 Å². The van der Waals surface area contributed by atoms with Crippen molar-refractivity contribution in [1.82, 2.24) is 0 Å². The Morgan fingerprint density at radius 1 is 1.30 bits per heavy atom. The molecule has 0 aromatic heterocycles. The second-order valence-electron chi connectivity index (χ2n) is 7.37. The highest BCUT2D eigenvalue weighted by Gasteiger charge is 2.45. The highest BCUT2D eigenvalue weighted by Crippen LogP contribution is 2.36. The maximum atomic E-state index is 13.5. The molecule has 2 rings (SSSR count). The van der Waals surface area contributed by atoms with E-state index in [0.717, 1.165) is 24.6 Å². The minimum atomic E-state index is -2.03. The number of hydrogen-bond acceptors (Lipinski definition) is 2. The first kappa shape index (κ1) is 19.6. The van der Waals surface area contributed by atoms with Gasteiger partial charge in [0.1, 0.15) is 5.41 Å². The molecule has 2 N–H and O–H groups in total. The molecule has 0 aromatic rings. The molecule has 23 heavy (non-hydrogen) atoms. The zero-order chi connectivity index (χ0) is 17.8. The van der Waals surface area contributed by atoms with E-state index in [2.05, 4.69) is 20.0 Å². The predicted octanol–water partition coefficient (Wildman–Crippen LogP) is 4.27. The van der Waals surface area contributed by atoms with E-state index in [-0.39, 0.29) is 0 Å². The molecule has 0 bridgehead atoms. The van der Waals surface area contributed by atoms with Gasteiger partial charge >= 0.3 is 11.9 Å². The topological polar surface area (TPSA) is 74.6 Å². The average molecular weight is 342 g/mol. The van der Waals surface area contributed by atoms with E-state index in [0.29, 0.717) is 0 Å². The van der Waals surface area contributed by atoms with Gasteiger partial charge < -0.3 is 10.2 Å². The Balaban J connectivity index is 0.000000253. The lowest BCUT2D eigenvalue weighted by molar-refractivity contribution is -0.148. The summed E-state index contributed by atoms with van der Waals surface area (Å²) >= 11 is 0. The van der Waals surface area contributed by atoms with E-state index >= 15 is 0 Å². The van der Waals surface area contributed by atoms with Gasteiger partial charge in [-0.15, -0.1) is 0 Å². The van der Waals surface area contributed by atoms with Crippen molar-refractivity contribution in [3.63, 3.8) is 0 Å². The monoisotopic (exact) mass is 342 g/mol. The van der Waals surface area contributed by atoms with E-state index in [1.807, 2.05) is 0 Å². The second kappa shape index (κ2) is 7.42. The fraction of sp³-hybridized carbons (Fsp3) is 0.647. The number of rotatable bonds is 2. The number of alkyl halides is 1. The van der Waals surface area contributed by atoms with Crippen molar-refractivity contribution in [2.45, 2.75) is 64.0 Å². The number of allylic oxidation sites excluding steroid dienone is 2. The molecule has 0 saturated carbocycles. The summed E-state index contributed by atoms with van der Waals surface area (Å²) < 4.78 is 13.5. The standard InChI is InChI=1S/C9H9FO4.C8H18Si/c1-9(8(13)14)4-2-3-5(6(9)10)7(11)12;1-8-6-4-5-7-9(8,2)3/h2-4,6H,1H3,(H,11,12)(H,13,14);8H,4-7H2,1-3H3. The Morgan fingerprint density at radius 2 is 1.91 bits per heavy atom. The number of hydrogen-bond donors (Lipinski definition) is 2. The molecule has 0 amide bonds. The van der Waals surface area contributed by atoms with Gasteiger partial charge in [-0.25, -0.2) is 9.18 Å². The number of carbonyl (C=O) groups is 2. The van der Waals surface area contributed by atoms with Gasteiger partial charge in [0.2, 0.25) is 0 Å². The molecular weight excluding hydrogens is 315 g/mol. The normalized spacial score (nSPS) is 32.3. The van der Waals surface area contributed by atoms with Crippen LogP contribution >= 0.6 is 0 Å². The van der Waals surface area contributed by atoms with Gasteiger partial charge in [-0.05, 0) is 18.5 Å². The van der Waals surface area contributed by atoms with Gasteiger partial charge in [0, 0.05) is 0 Å². The first-order valence-electron chi connectivity index (χ1n) is 8.02. The minimum Gasteiger partial charge on any atom is -0.481 e. The summed E-state index contributed by atoms with van der Waals surface area (Å²) in [6.07, 6.45) is 5.96. The third-order valence-electron chi connectivity index (χ3n) is 5.27. The number of carboxylic acid groups (broad SMARTS) is 2. The third-order valence-corrected chi connectivity index (χ3v) is 9.87. The molecule has 3 atom stereocenters. The molecule has 1 aliphatic carbocycles. The lowest BCUT2D eigenvalue weighted by Crippen LogP contribution is -2.39. The molecule has 0 spiro atoms. The Morgan fingerprint density at radius 3 is 2.30 bits per heavy atom. The summed E-state index contributed by atoms with van der Waals surface area (Å²) in [6, 6.07) is 1.58. The fourth-order valence-corrected chi connectivity index (χ4v) is 5.51. The van der Waals surface area contributed by atoms with E-state index in [9.17, 15) is 14.0 Å². The Hall–Kier alpha value is -1.43. The van der Waals surface area contributed by atoms with Crippen LogP contribution in [0.4, 0.5) is 4.39 Å². The maximum absolute atomic E-state index is 13.5. The van der Waals surface area contributed by atoms with E-state index < -0.39 is 37.2 Å². The highest BCUT2D eigenvalue weighted by atomic mass is 28.3. The summed E-state index contributed by atoms with van der Waals surface area (Å²) in [6.45, 7) is 8.67. The third kappa shape index (κ3) is 4.53. The van der Waals surface area contributed by atoms with Crippen molar-refractivity contribution in [2.24, 2.45) is 5.41 Å². The Labute approximate surface area is 138 Å². The van der Waals surface area contributed by atoms with Gasteiger partial charge in [0.05, 0.1) is 13.6 Å². The molecular formula is C17H27FO4Si. The zero-order valence-corrected chi connectivity index (χ0v) is 15.3. The molecule has 0 aromatic carbocycles. The zero-order valence-electron chi connectivity index (χ0n) is 14.3. The van der Waals surface area contributed by atoms with Gasteiger partial charge in [-0.2, -0.15) is 0 Å². The summed E-state index contributed by atoms with van der Waals surface area (Å²) in [7, 11) is -0.694. The van der Waals surface area contributed by atoms with Crippen molar-refractivity contribution in [3.8, 4) is 0 Å². The molecule has 2 aliphatic rings. The SMILES string of the molecule is CC1(C(=O)O)C=CC=C(C(=O)O)C1F.CC1CCCC[Si]1(C)C. The van der Waals surface area contributed by atoms with Crippen LogP contribution in [0.15, 0.2) is 23.8 Å². The minimum absolute atomic E-state index is 0.530. The average Bonchev–Trinajstić information content (AvgIpc) is 2.45. The molecule has 130 valence electrons. The van der Waals surface area contributed by atoms with Gasteiger partial charge in [-0.3, -0.25) is 4.79 Å². The second-order valence-corrected chi connectivity index (χ2v) is 12.8. The quantitative estimate of drug-likeness (QED) is 0.735. The summed E-state index contributed by atoms with van der Waals surface area (Å²) in [5.74, 6) is -2.82. The smallest absolute Gasteiger partial charge is 0.334 e. The molecule has 1 fully saturated rings. The Bertz CT molecular complexity index is 527. The summed E-state index contributed by atoms with van der Waals surface area (Å²) in [5.41, 5.74) is -1.23. The maximum Gasteiger partial charge on any atom is 0.334 e. The van der Waals surface area contributed by atoms with Crippen molar-refractivity contribution in [1.29, 1.82) is 0 Å². The largest absolute Gasteiger partial charge is 0.481 e. The van der Waals surface area contributed by atoms with Crippen LogP contribution in [-0.4, -0.2) is 36.4 Å². The van der Waals surface area contributed by atoms with E-state index in [1.165, 1.54) is 25.3 Å². The fourth-order valence-electron chi connectivity index (χ4n) is 2.87. The summed E-state index contributed by atoms with van der Waals surface area (Å²) in [4.78, 5) is 21.3. The number of carboxylic acids is 2. The van der Waals surface area contributed by atoms with Gasteiger partial charge in [-0.1, -0.05) is 57.5 Å². The highest BCUT2D eigenvalue weighted by molar-refractivity contribution is 6.78. The van der Waals surface area contributed by atoms with Crippen molar-refractivity contribution < 1.29 is 24.2 Å². The molecule has 3 unspecified atom stereocenters. The van der Waals surface area contributed by atoms with Crippen LogP contribution in [0.1, 0.15) is 33.1 Å². The van der Waals surface area contributed by atoms with Gasteiger partial charge in [0.15, 0.2) is 6.17 Å². The van der Waals surface area contributed by atoms with Crippen LogP contribution in [0.25, 0.3) is 0 Å². The van der Waals surface area contributed by atoms with Crippen LogP contribution in [0.5, 0.6) is 0 Å². The first-order valence-corrected chi connectivity index (χ1v) is 11.3. The molecule has 1 heterocycles. The number of aliphatic carboxylic acids is 2. The van der Waals surface area contributed by atoms with E-state index in [1.54, 1.807) is 6.04 Å². The van der Waals surface area contributed by atoms with Crippen molar-refractivity contribution in [3.05, 3.63) is 23.8 Å². The van der Waals surface area contributed by atoms with E-state index in [4.69, 9.17) is 10.2 Å². The van der Waals surface area contributed by atoms with Crippen LogP contribution in [0.2, 0.25) is 24.7 Å². The molecule has 6 heteroatoms. The van der Waals surface area contributed by atoms with Crippen LogP contribution in [0.3, 0.4) is 0 Å². The number of halogens is 1. The first-order chi connectivity index (χ1) is 10.5. The molecule has 4 nitrogen and oxygen atoms in total. The van der Waals surface area contributed by atoms with Crippen LogP contribution in [0, 0.1) is 5.41 Å². The molecule has 1 saturated heterocycles. The van der Waals surface area contributed by atoms with Crippen molar-refractivity contribution >= 4 is 20.0 Å². The summed E-state index contributed by atoms with van der Waals surface area (Å²) in [5, 5.41) is 17.3. The lowest BCUT2D eigenvalue weighted by Gasteiger charge is -2.34. The molecule has 1 aliphatic heterocycles. The predicted molar refractivity (Wildman–Crippen MR) is 91.1 cm³/mol. The van der Waals surface area contributed by atoms with Gasteiger partial charge in [0.25, 0.3) is 0 Å². The van der Waals surface area contributed by atoms with Crippen molar-refractivity contribution in [2.75, 3.05) is 0 Å².